The number of fused-ring (bicyclic) bond motifs is 2. The number of aromatic nitrogens is 1. The molecule has 3 N–H and O–H groups in total. The third-order valence-electron chi connectivity index (χ3n) is 9.29. The number of Topliss-reactive ketones (excluding diaryl/α,β-unsaturated/α-hetero) is 2. The fourth-order valence-corrected chi connectivity index (χ4v) is 6.32. The molecule has 0 spiro atoms. The van der Waals surface area contributed by atoms with Crippen molar-refractivity contribution in [3.05, 3.63) is 36.0 Å². The highest BCUT2D eigenvalue weighted by molar-refractivity contribution is 6.37. The van der Waals surface area contributed by atoms with Gasteiger partial charge in [-0.1, -0.05) is 51.8 Å². The average Bonchev–Trinajstić information content (AvgIpc) is 3.43. The van der Waals surface area contributed by atoms with Gasteiger partial charge in [0.25, 0.3) is 0 Å². The quantitative estimate of drug-likeness (QED) is 0.238. The highest BCUT2D eigenvalue weighted by Gasteiger charge is 2.41. The first-order valence-electron chi connectivity index (χ1n) is 16.5. The highest BCUT2D eigenvalue weighted by Crippen LogP contribution is 2.24. The summed E-state index contributed by atoms with van der Waals surface area (Å²) >= 11 is 0. The molecule has 2 fully saturated rings. The number of para-hydroxylation sites is 1. The lowest BCUT2D eigenvalue weighted by atomic mass is 9.93. The van der Waals surface area contributed by atoms with Gasteiger partial charge in [0.15, 0.2) is 11.6 Å². The van der Waals surface area contributed by atoms with E-state index in [0.717, 1.165) is 29.3 Å². The zero-order valence-corrected chi connectivity index (χ0v) is 27.3. The lowest BCUT2D eigenvalue weighted by Crippen LogP contribution is -2.64. The SMILES string of the molecule is CCC(=O)C(=O)CCCC[C@@H]1NC(=O)[C@H]2CCCCN2C(=O)[C@H](C(C)CC)NC(=O)[C@H](Cc2cn(OC)c3ccccc23)NC1=O. The molecule has 0 bridgehead atoms. The van der Waals surface area contributed by atoms with Crippen LogP contribution in [0.4, 0.5) is 0 Å². The van der Waals surface area contributed by atoms with Crippen molar-refractivity contribution >= 4 is 46.1 Å². The molecule has 2 aliphatic rings. The molecule has 0 aliphatic carbocycles. The first kappa shape index (κ1) is 34.6. The monoisotopic (exact) mass is 637 g/mol. The number of nitrogens with zero attached hydrogens (tertiary/aromatic N) is 2. The summed E-state index contributed by atoms with van der Waals surface area (Å²) in [7, 11) is 1.54. The van der Waals surface area contributed by atoms with Gasteiger partial charge in [-0.15, -0.1) is 0 Å². The second-order valence-electron chi connectivity index (χ2n) is 12.4. The molecular formula is C34H47N5O7. The van der Waals surface area contributed by atoms with Gasteiger partial charge < -0.3 is 25.7 Å². The van der Waals surface area contributed by atoms with E-state index in [1.807, 2.05) is 38.1 Å². The van der Waals surface area contributed by atoms with E-state index in [4.69, 9.17) is 4.84 Å². The largest absolute Gasteiger partial charge is 0.417 e. The Morgan fingerprint density at radius 3 is 2.37 bits per heavy atom. The Bertz CT molecular complexity index is 1450. The highest BCUT2D eigenvalue weighted by atomic mass is 16.6. The van der Waals surface area contributed by atoms with Crippen molar-refractivity contribution in [2.45, 2.75) is 109 Å². The van der Waals surface area contributed by atoms with Crippen LogP contribution in [-0.4, -0.2) is 82.6 Å². The van der Waals surface area contributed by atoms with Crippen LogP contribution in [0.2, 0.25) is 0 Å². The van der Waals surface area contributed by atoms with Gasteiger partial charge in [0, 0.05) is 37.4 Å². The predicted molar refractivity (Wildman–Crippen MR) is 172 cm³/mol. The maximum atomic E-state index is 14.0. The number of hydrogen-bond donors (Lipinski definition) is 3. The Morgan fingerprint density at radius 1 is 0.935 bits per heavy atom. The summed E-state index contributed by atoms with van der Waals surface area (Å²) in [5.41, 5.74) is 1.55. The van der Waals surface area contributed by atoms with Crippen LogP contribution in [0.5, 0.6) is 0 Å². The fourth-order valence-electron chi connectivity index (χ4n) is 6.32. The molecule has 4 rings (SSSR count). The molecule has 5 atom stereocenters. The number of hydrogen-bond acceptors (Lipinski definition) is 7. The lowest BCUT2D eigenvalue weighted by molar-refractivity contribution is -0.147. The van der Waals surface area contributed by atoms with E-state index < -0.39 is 53.5 Å². The molecule has 4 amide bonds. The second kappa shape index (κ2) is 15.9. The minimum absolute atomic E-state index is 0.0610. The fraction of sp³-hybridized carbons (Fsp3) is 0.588. The van der Waals surface area contributed by atoms with Crippen LogP contribution in [-0.2, 0) is 35.2 Å². The number of amides is 4. The molecule has 12 heteroatoms. The molecule has 0 saturated carbocycles. The summed E-state index contributed by atoms with van der Waals surface area (Å²) in [6, 6.07) is 3.84. The van der Waals surface area contributed by atoms with Crippen LogP contribution >= 0.6 is 0 Å². The molecule has 3 heterocycles. The standard InChI is InChI=1S/C34H47N5O7/c1-5-21(3)30-34(45)38-18-12-11-16-27(38)33(44)35-24(14-8-10-17-29(41)28(40)6-2)31(42)36-25(32(43)37-30)19-22-20-39(46-4)26-15-9-7-13-23(22)26/h7,9,13,15,20-21,24-25,27,30H,5-6,8,10-12,14,16-19H2,1-4H3,(H,35,44)(H,36,42)(H,37,43)/t21?,24-,25-,27+,30-/m0/s1. The molecule has 1 unspecified atom stereocenters. The summed E-state index contributed by atoms with van der Waals surface area (Å²) in [5, 5.41) is 9.55. The lowest BCUT2D eigenvalue weighted by Gasteiger charge is -2.39. The van der Waals surface area contributed by atoms with Crippen LogP contribution in [0.3, 0.4) is 0 Å². The number of ketones is 2. The van der Waals surface area contributed by atoms with E-state index in [1.54, 1.807) is 22.8 Å². The second-order valence-corrected chi connectivity index (χ2v) is 12.4. The van der Waals surface area contributed by atoms with E-state index in [9.17, 15) is 28.8 Å². The van der Waals surface area contributed by atoms with E-state index in [0.29, 0.717) is 32.2 Å². The Labute approximate surface area is 269 Å². The maximum Gasteiger partial charge on any atom is 0.246 e. The number of carbonyl (C=O) groups is 6. The first-order chi connectivity index (χ1) is 22.1. The maximum absolute atomic E-state index is 14.0. The van der Waals surface area contributed by atoms with Crippen molar-refractivity contribution in [3.8, 4) is 0 Å². The van der Waals surface area contributed by atoms with Gasteiger partial charge >= 0.3 is 0 Å². The number of piperidine rings is 1. The van der Waals surface area contributed by atoms with Crippen LogP contribution in [0.1, 0.15) is 84.1 Å². The van der Waals surface area contributed by atoms with Crippen molar-refractivity contribution in [2.75, 3.05) is 13.7 Å². The summed E-state index contributed by atoms with van der Waals surface area (Å²) in [6.45, 7) is 5.84. The third-order valence-corrected chi connectivity index (χ3v) is 9.29. The molecule has 250 valence electrons. The molecule has 2 aromatic rings. The van der Waals surface area contributed by atoms with Crippen LogP contribution in [0, 0.1) is 5.92 Å². The minimum atomic E-state index is -1.07. The van der Waals surface area contributed by atoms with Crippen LogP contribution in [0.15, 0.2) is 30.5 Å². The van der Waals surface area contributed by atoms with Crippen molar-refractivity contribution in [1.82, 2.24) is 25.6 Å². The number of unbranched alkanes of at least 4 members (excludes halogenated alkanes) is 1. The first-order valence-corrected chi connectivity index (χ1v) is 16.5. The molecule has 12 nitrogen and oxygen atoms in total. The Hall–Kier alpha value is -4.22. The molecule has 1 aromatic heterocycles. The summed E-state index contributed by atoms with van der Waals surface area (Å²) < 4.78 is 1.59. The Balaban J connectivity index is 1.67. The van der Waals surface area contributed by atoms with E-state index in [-0.39, 0.29) is 37.5 Å². The summed E-state index contributed by atoms with van der Waals surface area (Å²) in [4.78, 5) is 86.5. The molecular weight excluding hydrogens is 590 g/mol. The van der Waals surface area contributed by atoms with E-state index >= 15 is 0 Å². The number of carbonyl (C=O) groups excluding carboxylic acids is 6. The van der Waals surface area contributed by atoms with Gasteiger partial charge in [-0.25, -0.2) is 0 Å². The Morgan fingerprint density at radius 2 is 1.65 bits per heavy atom. The van der Waals surface area contributed by atoms with Crippen molar-refractivity contribution in [1.29, 1.82) is 0 Å². The summed E-state index contributed by atoms with van der Waals surface area (Å²) in [6.07, 6.45) is 5.59. The zero-order chi connectivity index (χ0) is 33.4. The van der Waals surface area contributed by atoms with Gasteiger partial charge in [-0.2, -0.15) is 4.73 Å². The van der Waals surface area contributed by atoms with Gasteiger partial charge in [0.2, 0.25) is 23.6 Å². The number of benzene rings is 1. The van der Waals surface area contributed by atoms with Gasteiger partial charge in [-0.3, -0.25) is 28.8 Å². The smallest absolute Gasteiger partial charge is 0.246 e. The molecule has 2 saturated heterocycles. The third kappa shape index (κ3) is 7.94. The average molecular weight is 638 g/mol. The van der Waals surface area contributed by atoms with Crippen molar-refractivity contribution < 1.29 is 33.6 Å². The number of nitrogens with one attached hydrogen (secondary N) is 3. The van der Waals surface area contributed by atoms with Gasteiger partial charge in [0.05, 0.1) is 5.52 Å². The van der Waals surface area contributed by atoms with Crippen molar-refractivity contribution in [3.63, 3.8) is 0 Å². The van der Waals surface area contributed by atoms with Crippen LogP contribution < -0.4 is 20.8 Å². The summed E-state index contributed by atoms with van der Waals surface area (Å²) in [5.74, 6) is -2.85. The Kier molecular flexibility index (Phi) is 11.9. The minimum Gasteiger partial charge on any atom is -0.417 e. The van der Waals surface area contributed by atoms with Crippen LogP contribution in [0.25, 0.3) is 10.9 Å². The molecule has 1 aromatic carbocycles. The molecule has 0 radical (unpaired) electrons. The number of rotatable bonds is 12. The zero-order valence-electron chi connectivity index (χ0n) is 27.3. The normalized spacial score (nSPS) is 23.3. The van der Waals surface area contributed by atoms with Crippen molar-refractivity contribution in [2.24, 2.45) is 5.92 Å². The van der Waals surface area contributed by atoms with Gasteiger partial charge in [0.1, 0.15) is 31.3 Å². The van der Waals surface area contributed by atoms with E-state index in [1.165, 1.54) is 7.11 Å². The topological polar surface area (TPSA) is 156 Å². The van der Waals surface area contributed by atoms with Gasteiger partial charge in [-0.05, 0) is 49.7 Å². The predicted octanol–water partition coefficient (Wildman–Crippen LogP) is 2.25. The molecule has 46 heavy (non-hydrogen) atoms. The van der Waals surface area contributed by atoms with E-state index in [2.05, 4.69) is 16.0 Å². The molecule has 2 aliphatic heterocycles.